The fraction of sp³-hybridized carbons (Fsp3) is 0.889. The SMILES string of the molecule is CNC1CCCN(C(=O)C2CCCCC2C(=O)NC2CCS(=O)(=O)C2)C1.Cl. The summed E-state index contributed by atoms with van der Waals surface area (Å²) in [5, 5.41) is 6.16. The van der Waals surface area contributed by atoms with Crippen LogP contribution in [-0.4, -0.2) is 68.9 Å². The molecule has 0 aromatic carbocycles. The maximum atomic E-state index is 13.1. The number of halogens is 1. The number of amides is 2. The molecule has 0 spiro atoms. The Morgan fingerprint density at radius 2 is 1.67 bits per heavy atom. The Morgan fingerprint density at radius 3 is 2.30 bits per heavy atom. The van der Waals surface area contributed by atoms with E-state index in [-0.39, 0.29) is 53.6 Å². The molecule has 1 aliphatic carbocycles. The second-order valence-corrected chi connectivity index (χ2v) is 10.2. The number of nitrogens with zero attached hydrogens (tertiary/aromatic N) is 1. The molecule has 2 saturated heterocycles. The normalized spacial score (nSPS) is 33.1. The van der Waals surface area contributed by atoms with Crippen LogP contribution in [-0.2, 0) is 19.4 Å². The third-order valence-electron chi connectivity index (χ3n) is 6.14. The van der Waals surface area contributed by atoms with Crippen molar-refractivity contribution < 1.29 is 18.0 Å². The number of likely N-dealkylation sites (N-methyl/N-ethyl adjacent to an activating group) is 1. The van der Waals surface area contributed by atoms with Gasteiger partial charge in [0, 0.05) is 37.0 Å². The van der Waals surface area contributed by atoms with E-state index < -0.39 is 9.84 Å². The largest absolute Gasteiger partial charge is 0.352 e. The van der Waals surface area contributed by atoms with Gasteiger partial charge in [-0.15, -0.1) is 12.4 Å². The highest BCUT2D eigenvalue weighted by Gasteiger charge is 2.40. The summed E-state index contributed by atoms with van der Waals surface area (Å²) in [6.45, 7) is 1.48. The van der Waals surface area contributed by atoms with E-state index in [1.807, 2.05) is 11.9 Å². The number of hydrogen-bond acceptors (Lipinski definition) is 5. The molecule has 0 aromatic rings. The van der Waals surface area contributed by atoms with Crippen LogP contribution >= 0.6 is 12.4 Å². The van der Waals surface area contributed by atoms with Gasteiger partial charge >= 0.3 is 0 Å². The van der Waals surface area contributed by atoms with Crippen LogP contribution in [0.5, 0.6) is 0 Å². The van der Waals surface area contributed by atoms with Crippen molar-refractivity contribution in [3.05, 3.63) is 0 Å². The molecule has 7 nitrogen and oxygen atoms in total. The summed E-state index contributed by atoms with van der Waals surface area (Å²) in [5.41, 5.74) is 0. The number of likely N-dealkylation sites (tertiary alicyclic amines) is 1. The third-order valence-corrected chi connectivity index (χ3v) is 7.91. The van der Waals surface area contributed by atoms with Crippen molar-refractivity contribution in [1.29, 1.82) is 0 Å². The summed E-state index contributed by atoms with van der Waals surface area (Å²) in [6.07, 6.45) is 5.93. The van der Waals surface area contributed by atoms with Crippen LogP contribution < -0.4 is 10.6 Å². The molecular weight excluding hydrogens is 390 g/mol. The number of piperidine rings is 1. The molecule has 2 aliphatic heterocycles. The Bertz CT molecular complexity index is 643. The van der Waals surface area contributed by atoms with Crippen LogP contribution in [0.4, 0.5) is 0 Å². The quantitative estimate of drug-likeness (QED) is 0.697. The molecule has 3 aliphatic rings. The van der Waals surface area contributed by atoms with Crippen LogP contribution in [0.25, 0.3) is 0 Å². The molecule has 4 unspecified atom stereocenters. The summed E-state index contributed by atoms with van der Waals surface area (Å²) in [4.78, 5) is 27.8. The number of carbonyl (C=O) groups is 2. The molecule has 1 saturated carbocycles. The van der Waals surface area contributed by atoms with Crippen LogP contribution in [0.3, 0.4) is 0 Å². The fourth-order valence-electron chi connectivity index (χ4n) is 4.60. The highest BCUT2D eigenvalue weighted by Crippen LogP contribution is 2.33. The second kappa shape index (κ2) is 9.56. The lowest BCUT2D eigenvalue weighted by molar-refractivity contribution is -0.145. The van der Waals surface area contributed by atoms with Crippen LogP contribution in [0.1, 0.15) is 44.9 Å². The van der Waals surface area contributed by atoms with Gasteiger partial charge in [-0.05, 0) is 39.2 Å². The maximum Gasteiger partial charge on any atom is 0.226 e. The molecule has 3 fully saturated rings. The van der Waals surface area contributed by atoms with Crippen molar-refractivity contribution in [2.75, 3.05) is 31.6 Å². The minimum absolute atomic E-state index is 0. The minimum atomic E-state index is -3.02. The van der Waals surface area contributed by atoms with E-state index in [0.29, 0.717) is 25.4 Å². The van der Waals surface area contributed by atoms with E-state index in [4.69, 9.17) is 0 Å². The van der Waals surface area contributed by atoms with E-state index in [0.717, 1.165) is 38.6 Å². The molecule has 156 valence electrons. The first-order valence-electron chi connectivity index (χ1n) is 9.86. The molecule has 0 aromatic heterocycles. The van der Waals surface area contributed by atoms with Gasteiger partial charge in [0.15, 0.2) is 9.84 Å². The van der Waals surface area contributed by atoms with Crippen molar-refractivity contribution in [3.8, 4) is 0 Å². The van der Waals surface area contributed by atoms with Gasteiger partial charge in [-0.3, -0.25) is 9.59 Å². The van der Waals surface area contributed by atoms with Gasteiger partial charge < -0.3 is 15.5 Å². The summed E-state index contributed by atoms with van der Waals surface area (Å²) < 4.78 is 23.2. The number of nitrogens with one attached hydrogen (secondary N) is 2. The van der Waals surface area contributed by atoms with Crippen molar-refractivity contribution in [2.45, 2.75) is 57.0 Å². The highest BCUT2D eigenvalue weighted by molar-refractivity contribution is 7.91. The van der Waals surface area contributed by atoms with Gasteiger partial charge in [-0.2, -0.15) is 0 Å². The first kappa shape index (κ1) is 22.4. The van der Waals surface area contributed by atoms with E-state index in [9.17, 15) is 18.0 Å². The third kappa shape index (κ3) is 5.57. The smallest absolute Gasteiger partial charge is 0.226 e. The molecule has 4 atom stereocenters. The lowest BCUT2D eigenvalue weighted by Crippen LogP contribution is -2.52. The average Bonchev–Trinajstić information content (AvgIpc) is 2.99. The first-order chi connectivity index (χ1) is 12.4. The van der Waals surface area contributed by atoms with E-state index in [1.165, 1.54) is 0 Å². The molecule has 2 amide bonds. The predicted octanol–water partition coefficient (Wildman–Crippen LogP) is 0.728. The van der Waals surface area contributed by atoms with Crippen LogP contribution in [0.15, 0.2) is 0 Å². The lowest BCUT2D eigenvalue weighted by Gasteiger charge is -2.38. The zero-order chi connectivity index (χ0) is 18.7. The van der Waals surface area contributed by atoms with E-state index in [1.54, 1.807) is 0 Å². The maximum absolute atomic E-state index is 13.1. The summed E-state index contributed by atoms with van der Waals surface area (Å²) in [7, 11) is -1.10. The zero-order valence-corrected chi connectivity index (χ0v) is 17.6. The van der Waals surface area contributed by atoms with Crippen LogP contribution in [0.2, 0.25) is 0 Å². The molecule has 27 heavy (non-hydrogen) atoms. The molecule has 3 rings (SSSR count). The standard InChI is InChI=1S/C18H31N3O4S.ClH/c1-19-13-5-4-9-21(11-13)18(23)16-7-3-2-6-15(16)17(22)20-14-8-10-26(24,25)12-14;/h13-16,19H,2-12H2,1H3,(H,20,22);1H. The number of rotatable bonds is 4. The number of carbonyl (C=O) groups excluding carboxylic acids is 2. The molecule has 2 heterocycles. The summed E-state index contributed by atoms with van der Waals surface area (Å²) in [6, 6.07) is 0.0288. The Balaban J connectivity index is 0.00000261. The Kier molecular flexibility index (Phi) is 7.94. The topological polar surface area (TPSA) is 95.6 Å². The molecule has 0 radical (unpaired) electrons. The van der Waals surface area contributed by atoms with Crippen molar-refractivity contribution in [2.24, 2.45) is 11.8 Å². The van der Waals surface area contributed by atoms with E-state index >= 15 is 0 Å². The van der Waals surface area contributed by atoms with Gasteiger partial charge in [-0.25, -0.2) is 8.42 Å². The highest BCUT2D eigenvalue weighted by atomic mass is 35.5. The average molecular weight is 422 g/mol. The second-order valence-electron chi connectivity index (χ2n) is 8.02. The van der Waals surface area contributed by atoms with Crippen molar-refractivity contribution >= 4 is 34.1 Å². The van der Waals surface area contributed by atoms with Crippen molar-refractivity contribution in [1.82, 2.24) is 15.5 Å². The lowest BCUT2D eigenvalue weighted by atomic mass is 9.77. The predicted molar refractivity (Wildman–Crippen MR) is 107 cm³/mol. The Labute approximate surface area is 168 Å². The van der Waals surface area contributed by atoms with Gasteiger partial charge in [0.2, 0.25) is 11.8 Å². The van der Waals surface area contributed by atoms with E-state index in [2.05, 4.69) is 10.6 Å². The summed E-state index contributed by atoms with van der Waals surface area (Å²) in [5.74, 6) is -0.451. The Morgan fingerprint density at radius 1 is 0.963 bits per heavy atom. The first-order valence-corrected chi connectivity index (χ1v) is 11.7. The molecule has 0 bridgehead atoms. The summed E-state index contributed by atoms with van der Waals surface area (Å²) >= 11 is 0. The van der Waals surface area contributed by atoms with Gasteiger partial charge in [0.1, 0.15) is 0 Å². The zero-order valence-electron chi connectivity index (χ0n) is 16.0. The molecule has 9 heteroatoms. The van der Waals surface area contributed by atoms with Gasteiger partial charge in [0.25, 0.3) is 0 Å². The molecule has 2 N–H and O–H groups in total. The fourth-order valence-corrected chi connectivity index (χ4v) is 6.28. The van der Waals surface area contributed by atoms with Crippen LogP contribution in [0, 0.1) is 11.8 Å². The van der Waals surface area contributed by atoms with Gasteiger partial charge in [0.05, 0.1) is 11.5 Å². The van der Waals surface area contributed by atoms with Gasteiger partial charge in [-0.1, -0.05) is 12.8 Å². The Hall–Kier alpha value is -0.860. The van der Waals surface area contributed by atoms with Crippen molar-refractivity contribution in [3.63, 3.8) is 0 Å². The minimum Gasteiger partial charge on any atom is -0.352 e. The number of hydrogen-bond donors (Lipinski definition) is 2. The monoisotopic (exact) mass is 421 g/mol. The molecular formula is C18H32ClN3O4S. The number of sulfone groups is 1.